The molecule has 0 aromatic rings. The Kier molecular flexibility index (Phi) is 7.38. The highest BCUT2D eigenvalue weighted by molar-refractivity contribution is 7.97. The maximum absolute atomic E-state index is 12.7. The van der Waals surface area contributed by atoms with E-state index < -0.39 is 31.1 Å². The number of hydrogen-bond donors (Lipinski definition) is 0. The SMILES string of the molecule is C=S(C)(=O)N(C(COC(C)C(C)(C)C)CS(C)(=O)=O)C(C)(C)C. The summed E-state index contributed by atoms with van der Waals surface area (Å²) in [5, 5.41) is 0. The molecule has 0 aliphatic rings. The summed E-state index contributed by atoms with van der Waals surface area (Å²) in [6.07, 6.45) is 2.68. The molecule has 7 heteroatoms. The Morgan fingerprint density at radius 1 is 1.04 bits per heavy atom. The van der Waals surface area contributed by atoms with Gasteiger partial charge in [0.15, 0.2) is 0 Å². The molecule has 5 nitrogen and oxygen atoms in total. The van der Waals surface area contributed by atoms with E-state index in [1.807, 2.05) is 27.7 Å². The largest absolute Gasteiger partial charge is 0.376 e. The molecule has 0 spiro atoms. The van der Waals surface area contributed by atoms with E-state index in [2.05, 4.69) is 26.6 Å². The Morgan fingerprint density at radius 2 is 1.48 bits per heavy atom. The molecule has 0 rings (SSSR count). The quantitative estimate of drug-likeness (QED) is 0.646. The summed E-state index contributed by atoms with van der Waals surface area (Å²) in [5.41, 5.74) is -0.544. The van der Waals surface area contributed by atoms with E-state index in [0.717, 1.165) is 0 Å². The van der Waals surface area contributed by atoms with Gasteiger partial charge in [0.2, 0.25) is 0 Å². The van der Waals surface area contributed by atoms with Crippen molar-refractivity contribution in [3.63, 3.8) is 0 Å². The van der Waals surface area contributed by atoms with Crippen LogP contribution in [0.2, 0.25) is 0 Å². The van der Waals surface area contributed by atoms with E-state index in [-0.39, 0.29) is 23.9 Å². The molecule has 3 unspecified atom stereocenters. The minimum Gasteiger partial charge on any atom is -0.376 e. The fourth-order valence-electron chi connectivity index (χ4n) is 2.48. The van der Waals surface area contributed by atoms with Crippen molar-refractivity contribution in [2.24, 2.45) is 5.41 Å². The monoisotopic (exact) mass is 369 g/mol. The number of nitrogens with zero attached hydrogens (tertiary/aromatic N) is 1. The van der Waals surface area contributed by atoms with Crippen LogP contribution in [0.5, 0.6) is 0 Å². The second kappa shape index (κ2) is 7.42. The molecule has 0 aromatic heterocycles. The van der Waals surface area contributed by atoms with E-state index in [9.17, 15) is 12.6 Å². The predicted molar refractivity (Wildman–Crippen MR) is 101 cm³/mol. The molecule has 0 saturated carbocycles. The summed E-state index contributed by atoms with van der Waals surface area (Å²) in [7, 11) is -5.84. The molecule has 0 amide bonds. The first kappa shape index (κ1) is 22.9. The van der Waals surface area contributed by atoms with Crippen molar-refractivity contribution in [3.05, 3.63) is 0 Å². The molecule has 0 aliphatic heterocycles. The van der Waals surface area contributed by atoms with Gasteiger partial charge in [-0.05, 0) is 39.0 Å². The van der Waals surface area contributed by atoms with Crippen molar-refractivity contribution in [2.45, 2.75) is 66.2 Å². The van der Waals surface area contributed by atoms with E-state index in [0.29, 0.717) is 0 Å². The fraction of sp³-hybridized carbons (Fsp3) is 0.938. The van der Waals surface area contributed by atoms with Crippen LogP contribution in [0.4, 0.5) is 0 Å². The normalized spacial score (nSPS) is 19.4. The van der Waals surface area contributed by atoms with Crippen molar-refractivity contribution in [2.75, 3.05) is 24.9 Å². The van der Waals surface area contributed by atoms with Gasteiger partial charge in [0, 0.05) is 27.8 Å². The van der Waals surface area contributed by atoms with Gasteiger partial charge in [-0.1, -0.05) is 20.8 Å². The van der Waals surface area contributed by atoms with Gasteiger partial charge in [0.1, 0.15) is 9.84 Å². The van der Waals surface area contributed by atoms with Crippen LogP contribution in [-0.2, 0) is 24.3 Å². The number of hydrogen-bond acceptors (Lipinski definition) is 4. The van der Waals surface area contributed by atoms with E-state index in [1.54, 1.807) is 10.6 Å². The van der Waals surface area contributed by atoms with Gasteiger partial charge in [-0.15, -0.1) is 0 Å². The molecule has 0 radical (unpaired) electrons. The Morgan fingerprint density at radius 3 is 1.74 bits per heavy atom. The van der Waals surface area contributed by atoms with Crippen LogP contribution >= 0.6 is 0 Å². The fourth-order valence-corrected chi connectivity index (χ4v) is 5.44. The molecular weight excluding hydrogens is 334 g/mol. The van der Waals surface area contributed by atoms with Crippen LogP contribution in [0.25, 0.3) is 0 Å². The number of rotatable bonds is 7. The molecular formula is C16H35NO4S2. The van der Waals surface area contributed by atoms with Gasteiger partial charge in [-0.2, -0.15) is 0 Å². The Labute approximate surface area is 143 Å². The first-order chi connectivity index (χ1) is 9.86. The molecule has 3 atom stereocenters. The van der Waals surface area contributed by atoms with Crippen LogP contribution < -0.4 is 0 Å². The van der Waals surface area contributed by atoms with Crippen molar-refractivity contribution in [1.29, 1.82) is 0 Å². The molecule has 0 aromatic carbocycles. The molecule has 23 heavy (non-hydrogen) atoms. The lowest BCUT2D eigenvalue weighted by molar-refractivity contribution is -0.0265. The molecule has 140 valence electrons. The molecule has 0 fully saturated rings. The Hall–Kier alpha value is -0.110. The topological polar surface area (TPSA) is 63.7 Å². The third-order valence-corrected chi connectivity index (χ3v) is 6.33. The van der Waals surface area contributed by atoms with Crippen molar-refractivity contribution >= 4 is 25.4 Å². The Bertz CT molecular complexity index is 581. The van der Waals surface area contributed by atoms with Crippen LogP contribution in [0.1, 0.15) is 48.5 Å². The highest BCUT2D eigenvalue weighted by Gasteiger charge is 2.36. The summed E-state index contributed by atoms with van der Waals surface area (Å²) in [6, 6.07) is -0.509. The van der Waals surface area contributed by atoms with Gasteiger partial charge in [0.05, 0.1) is 24.5 Å². The first-order valence-electron chi connectivity index (χ1n) is 7.77. The number of sulfone groups is 1. The maximum Gasteiger partial charge on any atom is 0.149 e. The summed E-state index contributed by atoms with van der Waals surface area (Å²) >= 11 is 0. The predicted octanol–water partition coefficient (Wildman–Crippen LogP) is 2.21. The number of ether oxygens (including phenoxy) is 1. The second-order valence-corrected chi connectivity index (χ2v) is 13.0. The van der Waals surface area contributed by atoms with Gasteiger partial charge >= 0.3 is 0 Å². The summed E-state index contributed by atoms with van der Waals surface area (Å²) in [5.74, 6) is 3.66. The maximum atomic E-state index is 12.7. The van der Waals surface area contributed by atoms with Crippen molar-refractivity contribution in [3.8, 4) is 0 Å². The smallest absolute Gasteiger partial charge is 0.149 e. The lowest BCUT2D eigenvalue weighted by Gasteiger charge is -2.42. The van der Waals surface area contributed by atoms with Crippen LogP contribution in [0.3, 0.4) is 0 Å². The van der Waals surface area contributed by atoms with E-state index in [4.69, 9.17) is 4.74 Å². The minimum atomic E-state index is -3.25. The van der Waals surface area contributed by atoms with Gasteiger partial charge < -0.3 is 4.74 Å². The second-order valence-electron chi connectivity index (χ2n) is 8.54. The van der Waals surface area contributed by atoms with Crippen LogP contribution in [-0.4, -0.2) is 65.4 Å². The van der Waals surface area contributed by atoms with E-state index >= 15 is 0 Å². The van der Waals surface area contributed by atoms with Crippen LogP contribution in [0.15, 0.2) is 0 Å². The zero-order chi connectivity index (χ0) is 18.9. The molecule has 0 saturated heterocycles. The molecule has 0 aliphatic carbocycles. The lowest BCUT2D eigenvalue weighted by atomic mass is 9.90. The standard InChI is InChI=1S/C16H35NO4S2/c1-13(15(2,3)4)21-11-14(12-23(10,19)20)17(16(5,6)7)22(8,9)18/h13-14H,8,11-12H2,1-7,9-10H3. The van der Waals surface area contributed by atoms with Gasteiger partial charge in [-0.25, -0.2) is 12.7 Å². The summed E-state index contributed by atoms with van der Waals surface area (Å²) in [4.78, 5) is 0. The van der Waals surface area contributed by atoms with Crippen molar-refractivity contribution in [1.82, 2.24) is 4.31 Å². The third kappa shape index (κ3) is 8.52. The third-order valence-electron chi connectivity index (χ3n) is 3.66. The highest BCUT2D eigenvalue weighted by Crippen LogP contribution is 2.25. The van der Waals surface area contributed by atoms with Crippen molar-refractivity contribution < 1.29 is 17.4 Å². The molecule has 0 bridgehead atoms. The Balaban J connectivity index is 5.60. The first-order valence-corrected chi connectivity index (χ1v) is 11.9. The van der Waals surface area contributed by atoms with Gasteiger partial charge in [0.25, 0.3) is 0 Å². The van der Waals surface area contributed by atoms with Crippen LogP contribution in [0, 0.1) is 5.41 Å². The lowest BCUT2D eigenvalue weighted by Crippen LogP contribution is -2.55. The average molecular weight is 370 g/mol. The van der Waals surface area contributed by atoms with Gasteiger partial charge in [-0.3, -0.25) is 4.21 Å². The molecule has 0 heterocycles. The minimum absolute atomic E-state index is 0.0518. The van der Waals surface area contributed by atoms with E-state index in [1.165, 1.54) is 6.26 Å². The highest BCUT2D eigenvalue weighted by atomic mass is 32.2. The summed E-state index contributed by atoms with van der Waals surface area (Å²) < 4.78 is 44.0. The summed E-state index contributed by atoms with van der Waals surface area (Å²) in [6.45, 7) is 14.1. The average Bonchev–Trinajstić information content (AvgIpc) is 2.17. The zero-order valence-corrected chi connectivity index (χ0v) is 17.8. The zero-order valence-electron chi connectivity index (χ0n) is 16.2. The molecule has 0 N–H and O–H groups in total.